The highest BCUT2D eigenvalue weighted by Gasteiger charge is 2.14. The predicted molar refractivity (Wildman–Crippen MR) is 124 cm³/mol. The van der Waals surface area contributed by atoms with Crippen LogP contribution in [-0.4, -0.2) is 31.0 Å². The second-order valence-corrected chi connectivity index (χ2v) is 7.57. The van der Waals surface area contributed by atoms with Gasteiger partial charge in [-0.3, -0.25) is 9.69 Å². The van der Waals surface area contributed by atoms with Crippen molar-refractivity contribution in [3.05, 3.63) is 69.6 Å². The van der Waals surface area contributed by atoms with Gasteiger partial charge in [0, 0.05) is 35.7 Å². The Morgan fingerprint density at radius 1 is 1.13 bits per heavy atom. The van der Waals surface area contributed by atoms with Crippen LogP contribution in [0.25, 0.3) is 11.0 Å². The van der Waals surface area contributed by atoms with E-state index in [-0.39, 0.29) is 12.3 Å². The van der Waals surface area contributed by atoms with Crippen molar-refractivity contribution < 1.29 is 13.9 Å². The highest BCUT2D eigenvalue weighted by molar-refractivity contribution is 5.91. The molecular weight excluding hydrogens is 392 g/mol. The van der Waals surface area contributed by atoms with Gasteiger partial charge < -0.3 is 14.5 Å². The van der Waals surface area contributed by atoms with Gasteiger partial charge in [0.05, 0.1) is 7.11 Å². The topological polar surface area (TPSA) is 71.8 Å². The van der Waals surface area contributed by atoms with Gasteiger partial charge in [0.25, 0.3) is 0 Å². The third-order valence-electron chi connectivity index (χ3n) is 5.61. The van der Waals surface area contributed by atoms with E-state index in [0.717, 1.165) is 41.8 Å². The summed E-state index contributed by atoms with van der Waals surface area (Å²) in [5, 5.41) is 3.79. The van der Waals surface area contributed by atoms with Crippen LogP contribution in [0.15, 0.2) is 51.7 Å². The first-order valence-electron chi connectivity index (χ1n) is 10.7. The van der Waals surface area contributed by atoms with Crippen LogP contribution < -0.4 is 15.7 Å². The largest absolute Gasteiger partial charge is 0.497 e. The number of hydrogen-bond acceptors (Lipinski definition) is 5. The molecule has 0 aliphatic heterocycles. The molecule has 164 valence electrons. The van der Waals surface area contributed by atoms with Crippen molar-refractivity contribution >= 4 is 22.6 Å². The van der Waals surface area contributed by atoms with Gasteiger partial charge in [-0.1, -0.05) is 26.0 Å². The Hall–Kier alpha value is -3.12. The maximum Gasteiger partial charge on any atom is 0.339 e. The van der Waals surface area contributed by atoms with Crippen LogP contribution in [0, 0.1) is 6.92 Å². The molecule has 0 saturated heterocycles. The zero-order valence-electron chi connectivity index (χ0n) is 18.7. The van der Waals surface area contributed by atoms with Crippen molar-refractivity contribution in [2.45, 2.75) is 40.2 Å². The predicted octanol–water partition coefficient (Wildman–Crippen LogP) is 4.52. The van der Waals surface area contributed by atoms with Crippen molar-refractivity contribution in [1.29, 1.82) is 0 Å². The van der Waals surface area contributed by atoms with Crippen LogP contribution in [0.5, 0.6) is 5.75 Å². The third-order valence-corrected chi connectivity index (χ3v) is 5.61. The lowest BCUT2D eigenvalue weighted by Crippen LogP contribution is -2.22. The average Bonchev–Trinajstić information content (AvgIpc) is 2.77. The minimum absolute atomic E-state index is 0.131. The third kappa shape index (κ3) is 5.52. The second kappa shape index (κ2) is 10.3. The number of fused-ring (bicyclic) bond motifs is 1. The number of methoxy groups -OCH3 is 1. The van der Waals surface area contributed by atoms with Crippen molar-refractivity contribution in [2.24, 2.45) is 0 Å². The number of hydrogen-bond donors (Lipinski definition) is 1. The minimum Gasteiger partial charge on any atom is -0.497 e. The lowest BCUT2D eigenvalue weighted by Gasteiger charge is -2.18. The van der Waals surface area contributed by atoms with E-state index in [4.69, 9.17) is 9.15 Å². The van der Waals surface area contributed by atoms with Gasteiger partial charge in [0.15, 0.2) is 0 Å². The molecule has 1 heterocycles. The molecule has 0 unspecified atom stereocenters. The number of carbonyl (C=O) groups excluding carboxylic acids is 1. The number of nitrogens with one attached hydrogen (secondary N) is 1. The quantitative estimate of drug-likeness (QED) is 0.513. The summed E-state index contributed by atoms with van der Waals surface area (Å²) in [6.45, 7) is 8.96. The highest BCUT2D eigenvalue weighted by Crippen LogP contribution is 2.24. The summed E-state index contributed by atoms with van der Waals surface area (Å²) < 4.78 is 10.7. The molecule has 1 amide bonds. The number of nitrogens with zero attached hydrogens (tertiary/aromatic N) is 1. The normalized spacial score (nSPS) is 11.1. The van der Waals surface area contributed by atoms with E-state index in [9.17, 15) is 9.59 Å². The number of aryl methyl sites for hydroxylation is 1. The Bertz CT molecular complexity index is 1120. The van der Waals surface area contributed by atoms with Crippen LogP contribution in [-0.2, 0) is 17.8 Å². The van der Waals surface area contributed by atoms with Gasteiger partial charge in [-0.15, -0.1) is 0 Å². The lowest BCUT2D eigenvalue weighted by atomic mass is 10.0. The molecule has 31 heavy (non-hydrogen) atoms. The van der Waals surface area contributed by atoms with E-state index in [1.165, 1.54) is 0 Å². The summed E-state index contributed by atoms with van der Waals surface area (Å²) >= 11 is 0. The molecule has 3 rings (SSSR count). The fourth-order valence-electron chi connectivity index (χ4n) is 3.71. The van der Waals surface area contributed by atoms with Crippen molar-refractivity contribution in [3.63, 3.8) is 0 Å². The first-order chi connectivity index (χ1) is 14.9. The maximum atomic E-state index is 12.5. The van der Waals surface area contributed by atoms with Gasteiger partial charge in [0.1, 0.15) is 11.3 Å². The number of anilines is 1. The van der Waals surface area contributed by atoms with Crippen LogP contribution >= 0.6 is 0 Å². The molecule has 6 heteroatoms. The summed E-state index contributed by atoms with van der Waals surface area (Å²) in [4.78, 5) is 27.3. The molecule has 0 aliphatic rings. The molecule has 3 aromatic rings. The van der Waals surface area contributed by atoms with Gasteiger partial charge >= 0.3 is 5.63 Å². The Labute approximate surface area is 182 Å². The minimum atomic E-state index is -0.410. The molecule has 1 aromatic heterocycles. The molecule has 0 saturated carbocycles. The second-order valence-electron chi connectivity index (χ2n) is 7.57. The van der Waals surface area contributed by atoms with Gasteiger partial charge in [-0.25, -0.2) is 4.79 Å². The molecule has 0 spiro atoms. The first kappa shape index (κ1) is 22.6. The molecular formula is C25H30N2O4. The number of ether oxygens (including phenoxy) is 1. The molecule has 0 fully saturated rings. The average molecular weight is 423 g/mol. The number of rotatable bonds is 9. The summed E-state index contributed by atoms with van der Waals surface area (Å²) in [6, 6.07) is 13.3. The molecule has 0 atom stereocenters. The van der Waals surface area contributed by atoms with Crippen LogP contribution in [0.2, 0.25) is 0 Å². The fraction of sp³-hybridized carbons (Fsp3) is 0.360. The molecule has 0 radical (unpaired) electrons. The monoisotopic (exact) mass is 422 g/mol. The van der Waals surface area contributed by atoms with Crippen LogP contribution in [0.3, 0.4) is 0 Å². The zero-order chi connectivity index (χ0) is 22.4. The molecule has 6 nitrogen and oxygen atoms in total. The summed E-state index contributed by atoms with van der Waals surface area (Å²) in [6.07, 6.45) is 0.522. The molecule has 1 N–H and O–H groups in total. The summed E-state index contributed by atoms with van der Waals surface area (Å²) in [7, 11) is 1.57. The SMILES string of the molecule is CCN(CC)Cc1cccc(NC(=O)CCc2c(C)c3ccc(OC)cc3oc2=O)c1. The maximum absolute atomic E-state index is 12.5. The fourth-order valence-corrected chi connectivity index (χ4v) is 3.71. The summed E-state index contributed by atoms with van der Waals surface area (Å²) in [5.41, 5.74) is 3.37. The number of benzene rings is 2. The van der Waals surface area contributed by atoms with Gasteiger partial charge in [0.2, 0.25) is 5.91 Å². The first-order valence-corrected chi connectivity index (χ1v) is 10.7. The Morgan fingerprint density at radius 2 is 1.90 bits per heavy atom. The van der Waals surface area contributed by atoms with E-state index in [2.05, 4.69) is 30.1 Å². The standard InChI is InChI=1S/C25H30N2O4/c1-5-27(6-2)16-18-8-7-9-19(14-18)26-24(28)13-12-22-17(3)21-11-10-20(30-4)15-23(21)31-25(22)29/h7-11,14-15H,5-6,12-13,16H2,1-4H3,(H,26,28). The lowest BCUT2D eigenvalue weighted by molar-refractivity contribution is -0.116. The number of amides is 1. The van der Waals surface area contributed by atoms with E-state index in [0.29, 0.717) is 23.3 Å². The Morgan fingerprint density at radius 3 is 2.61 bits per heavy atom. The van der Waals surface area contributed by atoms with Gasteiger partial charge in [-0.05, 0) is 61.8 Å². The molecule has 0 aliphatic carbocycles. The zero-order valence-corrected chi connectivity index (χ0v) is 18.7. The van der Waals surface area contributed by atoms with E-state index < -0.39 is 5.63 Å². The van der Waals surface area contributed by atoms with Crippen molar-refractivity contribution in [2.75, 3.05) is 25.5 Å². The van der Waals surface area contributed by atoms with E-state index in [1.54, 1.807) is 13.2 Å². The molecule has 2 aromatic carbocycles. The van der Waals surface area contributed by atoms with Crippen LogP contribution in [0.1, 0.15) is 37.0 Å². The molecule has 0 bridgehead atoms. The Balaban J connectivity index is 1.69. The Kier molecular flexibility index (Phi) is 7.47. The van der Waals surface area contributed by atoms with Crippen molar-refractivity contribution in [1.82, 2.24) is 4.90 Å². The smallest absolute Gasteiger partial charge is 0.339 e. The summed E-state index contributed by atoms with van der Waals surface area (Å²) in [5.74, 6) is 0.499. The van der Waals surface area contributed by atoms with Crippen LogP contribution in [0.4, 0.5) is 5.69 Å². The van der Waals surface area contributed by atoms with Crippen molar-refractivity contribution in [3.8, 4) is 5.75 Å². The van der Waals surface area contributed by atoms with E-state index in [1.807, 2.05) is 37.3 Å². The number of carbonyl (C=O) groups is 1. The highest BCUT2D eigenvalue weighted by atomic mass is 16.5. The van der Waals surface area contributed by atoms with Gasteiger partial charge in [-0.2, -0.15) is 0 Å². The van der Waals surface area contributed by atoms with E-state index >= 15 is 0 Å².